The molecule has 2 heterocycles. The third kappa shape index (κ3) is 3.06. The average molecular weight is 322 g/mol. The summed E-state index contributed by atoms with van der Waals surface area (Å²) in [4.78, 5) is 40.0. The van der Waals surface area contributed by atoms with Crippen molar-refractivity contribution >= 4 is 17.8 Å². The molecule has 3 aliphatic rings. The Bertz CT molecular complexity index is 502. The first-order chi connectivity index (χ1) is 11.1. The maximum absolute atomic E-state index is 12.5. The van der Waals surface area contributed by atoms with Crippen molar-refractivity contribution in [3.63, 3.8) is 0 Å². The first kappa shape index (κ1) is 16.2. The number of hydrogen-bond acceptors (Lipinski definition) is 4. The highest BCUT2D eigenvalue weighted by atomic mass is 16.2. The second kappa shape index (κ2) is 6.47. The Morgan fingerprint density at radius 3 is 2.70 bits per heavy atom. The van der Waals surface area contributed by atoms with Crippen LogP contribution >= 0.6 is 0 Å². The van der Waals surface area contributed by atoms with Gasteiger partial charge in [0, 0.05) is 26.1 Å². The van der Waals surface area contributed by atoms with Crippen LogP contribution in [0.5, 0.6) is 0 Å². The molecule has 1 aliphatic carbocycles. The van der Waals surface area contributed by atoms with Gasteiger partial charge in [0.15, 0.2) is 0 Å². The van der Waals surface area contributed by atoms with E-state index in [1.807, 2.05) is 4.90 Å². The van der Waals surface area contributed by atoms with Gasteiger partial charge in [0.2, 0.25) is 5.91 Å². The van der Waals surface area contributed by atoms with Crippen molar-refractivity contribution in [1.29, 1.82) is 0 Å². The first-order valence-electron chi connectivity index (χ1n) is 8.68. The fraction of sp³-hybridized carbons (Fsp3) is 0.812. The molecule has 7 nitrogen and oxygen atoms in total. The summed E-state index contributed by atoms with van der Waals surface area (Å²) in [5, 5.41) is 2.84. The molecule has 0 aromatic rings. The van der Waals surface area contributed by atoms with E-state index in [-0.39, 0.29) is 30.8 Å². The van der Waals surface area contributed by atoms with Crippen LogP contribution in [0.25, 0.3) is 0 Å². The molecule has 23 heavy (non-hydrogen) atoms. The molecule has 3 rings (SSSR count). The Hall–Kier alpha value is -1.63. The highest BCUT2D eigenvalue weighted by molar-refractivity contribution is 6.07. The van der Waals surface area contributed by atoms with Gasteiger partial charge in [-0.25, -0.2) is 4.79 Å². The number of nitrogens with zero attached hydrogens (tertiary/aromatic N) is 2. The molecule has 0 unspecified atom stereocenters. The van der Waals surface area contributed by atoms with Crippen molar-refractivity contribution in [3.05, 3.63) is 0 Å². The van der Waals surface area contributed by atoms with Gasteiger partial charge in [-0.3, -0.25) is 14.5 Å². The maximum atomic E-state index is 12.5. The summed E-state index contributed by atoms with van der Waals surface area (Å²) < 4.78 is 0. The van der Waals surface area contributed by atoms with Gasteiger partial charge in [-0.1, -0.05) is 12.8 Å². The third-order valence-corrected chi connectivity index (χ3v) is 5.46. The molecule has 1 saturated carbocycles. The van der Waals surface area contributed by atoms with Gasteiger partial charge < -0.3 is 16.0 Å². The molecule has 1 atom stereocenters. The van der Waals surface area contributed by atoms with E-state index in [0.29, 0.717) is 31.8 Å². The molecule has 4 amide bonds. The van der Waals surface area contributed by atoms with E-state index in [0.717, 1.165) is 32.2 Å². The smallest absolute Gasteiger partial charge is 0.325 e. The van der Waals surface area contributed by atoms with E-state index >= 15 is 0 Å². The average Bonchev–Trinajstić information content (AvgIpc) is 3.12. The van der Waals surface area contributed by atoms with E-state index in [9.17, 15) is 14.4 Å². The van der Waals surface area contributed by atoms with Gasteiger partial charge in [0.25, 0.3) is 5.91 Å². The second-order valence-corrected chi connectivity index (χ2v) is 7.01. The third-order valence-electron chi connectivity index (χ3n) is 5.46. The molecule has 7 heteroatoms. The fourth-order valence-electron chi connectivity index (χ4n) is 4.05. The SMILES string of the molecule is NC[C@@H]1CCCN(C(=O)CCN2C(=O)NC3(CCCC3)C2=O)C1. The summed E-state index contributed by atoms with van der Waals surface area (Å²) in [6, 6.07) is -0.344. The standard InChI is InChI=1S/C16H26N4O3/c17-10-12-4-3-8-19(11-12)13(21)5-9-20-14(22)16(18-15(20)23)6-1-2-7-16/h12H,1-11,17H2,(H,18,23)/t12-/m0/s1. The van der Waals surface area contributed by atoms with Crippen LogP contribution in [0.3, 0.4) is 0 Å². The lowest BCUT2D eigenvalue weighted by Crippen LogP contribution is -2.45. The van der Waals surface area contributed by atoms with Crippen molar-refractivity contribution in [2.24, 2.45) is 11.7 Å². The summed E-state index contributed by atoms with van der Waals surface area (Å²) >= 11 is 0. The number of nitrogens with one attached hydrogen (secondary N) is 1. The van der Waals surface area contributed by atoms with E-state index < -0.39 is 5.54 Å². The first-order valence-corrected chi connectivity index (χ1v) is 8.68. The number of hydrogen-bond donors (Lipinski definition) is 2. The zero-order valence-corrected chi connectivity index (χ0v) is 13.6. The zero-order chi connectivity index (χ0) is 16.4. The van der Waals surface area contributed by atoms with Gasteiger partial charge in [-0.2, -0.15) is 0 Å². The topological polar surface area (TPSA) is 95.7 Å². The van der Waals surface area contributed by atoms with Crippen molar-refractivity contribution in [2.45, 2.75) is 50.5 Å². The number of imide groups is 1. The highest BCUT2D eigenvalue weighted by Gasteiger charge is 2.52. The number of urea groups is 1. The molecule has 128 valence electrons. The number of carbonyl (C=O) groups excluding carboxylic acids is 3. The number of carbonyl (C=O) groups is 3. The molecule has 0 aromatic heterocycles. The Morgan fingerprint density at radius 2 is 2.00 bits per heavy atom. The fourth-order valence-corrected chi connectivity index (χ4v) is 4.05. The van der Waals surface area contributed by atoms with Crippen molar-refractivity contribution < 1.29 is 14.4 Å². The van der Waals surface area contributed by atoms with Crippen LogP contribution in [0.15, 0.2) is 0 Å². The summed E-state index contributed by atoms with van der Waals surface area (Å²) in [5.74, 6) is 0.230. The number of likely N-dealkylation sites (tertiary alicyclic amines) is 1. The van der Waals surface area contributed by atoms with Gasteiger partial charge in [0.1, 0.15) is 5.54 Å². The van der Waals surface area contributed by atoms with Gasteiger partial charge >= 0.3 is 6.03 Å². The van der Waals surface area contributed by atoms with Crippen LogP contribution < -0.4 is 11.1 Å². The number of nitrogens with two attached hydrogens (primary N) is 1. The quantitative estimate of drug-likeness (QED) is 0.734. The van der Waals surface area contributed by atoms with Crippen molar-refractivity contribution in [3.8, 4) is 0 Å². The Labute approximate surface area is 136 Å². The van der Waals surface area contributed by atoms with Gasteiger partial charge in [-0.15, -0.1) is 0 Å². The van der Waals surface area contributed by atoms with Crippen LogP contribution in [0, 0.1) is 5.92 Å². The number of amides is 4. The Kier molecular flexibility index (Phi) is 4.57. The minimum absolute atomic E-state index is 0.0103. The maximum Gasteiger partial charge on any atom is 0.325 e. The molecule has 0 radical (unpaired) electrons. The van der Waals surface area contributed by atoms with Gasteiger partial charge in [0.05, 0.1) is 0 Å². The lowest BCUT2D eigenvalue weighted by molar-refractivity contribution is -0.134. The minimum atomic E-state index is -0.685. The molecule has 3 fully saturated rings. The Balaban J connectivity index is 1.54. The lowest BCUT2D eigenvalue weighted by Gasteiger charge is -2.32. The normalized spacial score (nSPS) is 26.9. The van der Waals surface area contributed by atoms with Crippen LogP contribution in [-0.4, -0.2) is 59.4 Å². The van der Waals surface area contributed by atoms with Gasteiger partial charge in [-0.05, 0) is 38.1 Å². The summed E-state index contributed by atoms with van der Waals surface area (Å²) in [5.41, 5.74) is 5.01. The summed E-state index contributed by atoms with van der Waals surface area (Å²) in [7, 11) is 0. The molecular formula is C16H26N4O3. The lowest BCUT2D eigenvalue weighted by atomic mass is 9.97. The van der Waals surface area contributed by atoms with Crippen LogP contribution in [-0.2, 0) is 9.59 Å². The summed E-state index contributed by atoms with van der Waals surface area (Å²) in [6.45, 7) is 2.22. The molecule has 3 N–H and O–H groups in total. The van der Waals surface area contributed by atoms with E-state index in [4.69, 9.17) is 5.73 Å². The van der Waals surface area contributed by atoms with E-state index in [1.165, 1.54) is 4.90 Å². The molecule has 2 aliphatic heterocycles. The predicted molar refractivity (Wildman–Crippen MR) is 84.4 cm³/mol. The molecule has 2 saturated heterocycles. The second-order valence-electron chi connectivity index (χ2n) is 7.01. The van der Waals surface area contributed by atoms with Crippen molar-refractivity contribution in [2.75, 3.05) is 26.2 Å². The highest BCUT2D eigenvalue weighted by Crippen LogP contribution is 2.35. The number of rotatable bonds is 4. The minimum Gasteiger partial charge on any atom is -0.342 e. The molecule has 0 bridgehead atoms. The molecular weight excluding hydrogens is 296 g/mol. The van der Waals surface area contributed by atoms with Crippen LogP contribution in [0.1, 0.15) is 44.9 Å². The largest absolute Gasteiger partial charge is 0.342 e. The summed E-state index contributed by atoms with van der Waals surface area (Å²) in [6.07, 6.45) is 5.60. The van der Waals surface area contributed by atoms with E-state index in [1.54, 1.807) is 0 Å². The monoisotopic (exact) mass is 322 g/mol. The Morgan fingerprint density at radius 1 is 1.26 bits per heavy atom. The molecule has 1 spiro atoms. The number of piperidine rings is 1. The van der Waals surface area contributed by atoms with E-state index in [2.05, 4.69) is 5.32 Å². The van der Waals surface area contributed by atoms with Crippen molar-refractivity contribution in [1.82, 2.24) is 15.1 Å². The van der Waals surface area contributed by atoms with Crippen LogP contribution in [0.2, 0.25) is 0 Å². The van der Waals surface area contributed by atoms with Crippen LogP contribution in [0.4, 0.5) is 4.79 Å². The zero-order valence-electron chi connectivity index (χ0n) is 13.6. The molecule has 0 aromatic carbocycles. The predicted octanol–water partition coefficient (Wildman–Crippen LogP) is 0.438.